The third-order valence-corrected chi connectivity index (χ3v) is 3.93. The Balaban J connectivity index is 2.35. The summed E-state index contributed by atoms with van der Waals surface area (Å²) in [4.78, 5) is 10.9. The summed E-state index contributed by atoms with van der Waals surface area (Å²) in [6, 6.07) is 2.00. The summed E-state index contributed by atoms with van der Waals surface area (Å²) in [5, 5.41) is 18.1. The SMILES string of the molecule is Cc1cc(C)n2c(Br)c(CN(CCO)CCO)nc2n1. The van der Waals surface area contributed by atoms with Crippen molar-refractivity contribution in [2.24, 2.45) is 0 Å². The van der Waals surface area contributed by atoms with Crippen molar-refractivity contribution in [2.75, 3.05) is 26.3 Å². The lowest BCUT2D eigenvalue weighted by Crippen LogP contribution is -2.29. The Kier molecular flexibility index (Phi) is 5.09. The van der Waals surface area contributed by atoms with Crippen LogP contribution in [0.15, 0.2) is 10.7 Å². The number of halogens is 1. The number of aliphatic hydroxyl groups excluding tert-OH is 2. The number of hydrogen-bond donors (Lipinski definition) is 2. The Morgan fingerprint density at radius 1 is 1.20 bits per heavy atom. The van der Waals surface area contributed by atoms with Crippen molar-refractivity contribution in [3.05, 3.63) is 27.8 Å². The molecule has 0 saturated carbocycles. The van der Waals surface area contributed by atoms with Crippen molar-refractivity contribution in [1.29, 1.82) is 0 Å². The molecule has 2 N–H and O–H groups in total. The molecule has 0 aliphatic rings. The summed E-state index contributed by atoms with van der Waals surface area (Å²) in [6.07, 6.45) is 0. The van der Waals surface area contributed by atoms with Crippen molar-refractivity contribution in [3.8, 4) is 0 Å². The molecule has 6 nitrogen and oxygen atoms in total. The van der Waals surface area contributed by atoms with Crippen LogP contribution < -0.4 is 0 Å². The van der Waals surface area contributed by atoms with Gasteiger partial charge in [0.15, 0.2) is 0 Å². The van der Waals surface area contributed by atoms with Gasteiger partial charge >= 0.3 is 0 Å². The van der Waals surface area contributed by atoms with Crippen LogP contribution in [-0.4, -0.2) is 55.8 Å². The largest absolute Gasteiger partial charge is 0.395 e. The van der Waals surface area contributed by atoms with Crippen LogP contribution >= 0.6 is 15.9 Å². The highest BCUT2D eigenvalue weighted by atomic mass is 79.9. The normalized spacial score (nSPS) is 11.7. The molecule has 0 fully saturated rings. The van der Waals surface area contributed by atoms with Crippen molar-refractivity contribution >= 4 is 21.7 Å². The van der Waals surface area contributed by atoms with E-state index in [1.165, 1.54) is 0 Å². The van der Waals surface area contributed by atoms with E-state index < -0.39 is 0 Å². The third kappa shape index (κ3) is 3.17. The first-order valence-electron chi connectivity index (χ1n) is 6.52. The molecule has 0 unspecified atom stereocenters. The fourth-order valence-electron chi connectivity index (χ4n) is 2.24. The predicted molar refractivity (Wildman–Crippen MR) is 79.6 cm³/mol. The van der Waals surface area contributed by atoms with Gasteiger partial charge in [-0.1, -0.05) is 0 Å². The molecule has 0 bridgehead atoms. The zero-order valence-corrected chi connectivity index (χ0v) is 13.3. The summed E-state index contributed by atoms with van der Waals surface area (Å²) < 4.78 is 2.83. The van der Waals surface area contributed by atoms with Crippen LogP contribution in [0.2, 0.25) is 0 Å². The molecule has 2 aromatic heterocycles. The molecule has 0 aromatic carbocycles. The summed E-state index contributed by atoms with van der Waals surface area (Å²) in [5.41, 5.74) is 2.85. The maximum atomic E-state index is 9.06. The van der Waals surface area contributed by atoms with Crippen molar-refractivity contribution in [2.45, 2.75) is 20.4 Å². The zero-order valence-electron chi connectivity index (χ0n) is 11.7. The summed E-state index contributed by atoms with van der Waals surface area (Å²) >= 11 is 3.57. The van der Waals surface area contributed by atoms with Gasteiger partial charge in [0.05, 0.1) is 18.9 Å². The monoisotopic (exact) mass is 342 g/mol. The summed E-state index contributed by atoms with van der Waals surface area (Å²) in [5.74, 6) is 0.664. The van der Waals surface area contributed by atoms with Gasteiger partial charge in [-0.2, -0.15) is 0 Å². The number of aromatic nitrogens is 3. The number of aliphatic hydroxyl groups is 2. The molecule has 0 atom stereocenters. The molecule has 2 aromatic rings. The molecule has 20 heavy (non-hydrogen) atoms. The second-order valence-electron chi connectivity index (χ2n) is 4.75. The number of hydrogen-bond acceptors (Lipinski definition) is 5. The molecule has 0 spiro atoms. The van der Waals surface area contributed by atoms with E-state index in [1.807, 2.05) is 29.2 Å². The lowest BCUT2D eigenvalue weighted by molar-refractivity contribution is 0.154. The van der Waals surface area contributed by atoms with Gasteiger partial charge in [-0.05, 0) is 35.8 Å². The highest BCUT2D eigenvalue weighted by molar-refractivity contribution is 9.10. The molecule has 0 amide bonds. The van der Waals surface area contributed by atoms with Gasteiger partial charge in [-0.25, -0.2) is 9.97 Å². The summed E-state index contributed by atoms with van der Waals surface area (Å²) in [7, 11) is 0. The fraction of sp³-hybridized carbons (Fsp3) is 0.538. The van der Waals surface area contributed by atoms with Gasteiger partial charge in [-0.15, -0.1) is 0 Å². The smallest absolute Gasteiger partial charge is 0.235 e. The second-order valence-corrected chi connectivity index (χ2v) is 5.50. The van der Waals surface area contributed by atoms with E-state index in [9.17, 15) is 0 Å². The molecule has 2 heterocycles. The van der Waals surface area contributed by atoms with E-state index in [4.69, 9.17) is 10.2 Å². The van der Waals surface area contributed by atoms with Gasteiger partial charge in [0, 0.05) is 31.0 Å². The molecular formula is C13H19BrN4O2. The Morgan fingerprint density at radius 2 is 1.85 bits per heavy atom. The van der Waals surface area contributed by atoms with Crippen LogP contribution in [0, 0.1) is 13.8 Å². The van der Waals surface area contributed by atoms with E-state index >= 15 is 0 Å². The van der Waals surface area contributed by atoms with E-state index in [1.54, 1.807) is 0 Å². The van der Waals surface area contributed by atoms with E-state index in [0.29, 0.717) is 25.4 Å². The van der Waals surface area contributed by atoms with Gasteiger partial charge in [-0.3, -0.25) is 9.30 Å². The minimum absolute atomic E-state index is 0.0569. The topological polar surface area (TPSA) is 73.9 Å². The van der Waals surface area contributed by atoms with Crippen LogP contribution in [0.5, 0.6) is 0 Å². The minimum Gasteiger partial charge on any atom is -0.395 e. The predicted octanol–water partition coefficient (Wildman–Crippen LogP) is 0.895. The van der Waals surface area contributed by atoms with Gasteiger partial charge in [0.1, 0.15) is 4.60 Å². The lowest BCUT2D eigenvalue weighted by atomic mass is 10.3. The molecule has 7 heteroatoms. The Hall–Kier alpha value is -1.02. The van der Waals surface area contributed by atoms with Crippen molar-refractivity contribution in [1.82, 2.24) is 19.3 Å². The number of fused-ring (bicyclic) bond motifs is 1. The molecule has 0 aliphatic carbocycles. The maximum absolute atomic E-state index is 9.06. The number of imidazole rings is 1. The zero-order chi connectivity index (χ0) is 14.7. The molecule has 0 radical (unpaired) electrons. The number of nitrogens with zero attached hydrogens (tertiary/aromatic N) is 4. The maximum Gasteiger partial charge on any atom is 0.235 e. The standard InChI is InChI=1S/C13H19BrN4O2/c1-9-7-10(2)18-12(14)11(16-13(18)15-9)8-17(3-5-19)4-6-20/h7,19-20H,3-6,8H2,1-2H3. The first-order valence-corrected chi connectivity index (χ1v) is 7.31. The average Bonchev–Trinajstić information content (AvgIpc) is 2.66. The first-order chi connectivity index (χ1) is 9.56. The minimum atomic E-state index is 0.0569. The highest BCUT2D eigenvalue weighted by Crippen LogP contribution is 2.21. The molecular weight excluding hydrogens is 324 g/mol. The van der Waals surface area contributed by atoms with E-state index in [0.717, 1.165) is 21.7 Å². The van der Waals surface area contributed by atoms with Crippen LogP contribution in [0.4, 0.5) is 0 Å². The van der Waals surface area contributed by atoms with E-state index in [2.05, 4.69) is 25.9 Å². The highest BCUT2D eigenvalue weighted by Gasteiger charge is 2.15. The second kappa shape index (κ2) is 6.62. The van der Waals surface area contributed by atoms with Crippen molar-refractivity contribution in [3.63, 3.8) is 0 Å². The molecule has 2 rings (SSSR count). The van der Waals surface area contributed by atoms with Gasteiger partial charge in [0.2, 0.25) is 5.78 Å². The van der Waals surface area contributed by atoms with Gasteiger partial charge < -0.3 is 10.2 Å². The van der Waals surface area contributed by atoms with Crippen LogP contribution in [-0.2, 0) is 6.54 Å². The average molecular weight is 343 g/mol. The van der Waals surface area contributed by atoms with Gasteiger partial charge in [0.25, 0.3) is 0 Å². The lowest BCUT2D eigenvalue weighted by Gasteiger charge is -2.18. The van der Waals surface area contributed by atoms with E-state index in [-0.39, 0.29) is 13.2 Å². The van der Waals surface area contributed by atoms with Crippen LogP contribution in [0.25, 0.3) is 5.78 Å². The Bertz CT molecular complexity index is 594. The Labute approximate surface area is 126 Å². The molecule has 110 valence electrons. The number of rotatable bonds is 6. The van der Waals surface area contributed by atoms with Crippen molar-refractivity contribution < 1.29 is 10.2 Å². The fourth-order valence-corrected chi connectivity index (χ4v) is 2.90. The van der Waals surface area contributed by atoms with Crippen LogP contribution in [0.1, 0.15) is 17.1 Å². The number of aryl methyl sites for hydroxylation is 2. The quantitative estimate of drug-likeness (QED) is 0.815. The summed E-state index contributed by atoms with van der Waals surface area (Å²) in [6.45, 7) is 5.64. The first kappa shape index (κ1) is 15.4. The molecule has 0 saturated heterocycles. The Morgan fingerprint density at radius 3 is 2.45 bits per heavy atom. The van der Waals surface area contributed by atoms with Crippen LogP contribution in [0.3, 0.4) is 0 Å². The third-order valence-electron chi connectivity index (χ3n) is 3.12. The molecule has 0 aliphatic heterocycles.